The zero-order chi connectivity index (χ0) is 24.8. The minimum Gasteiger partial charge on any atom is -0.496 e. The van der Waals surface area contributed by atoms with E-state index in [1.165, 1.54) is 26.4 Å². The molecule has 3 rings (SSSR count). The number of halogens is 1. The molecule has 0 aliphatic rings. The molecule has 0 heterocycles. The maximum Gasteiger partial charge on any atom is 0.340 e. The fraction of sp³-hybridized carbons (Fsp3) is 0.240. The Morgan fingerprint density at radius 3 is 2.47 bits per heavy atom. The molecule has 178 valence electrons. The molecule has 0 fully saturated rings. The van der Waals surface area contributed by atoms with E-state index in [4.69, 9.17) is 25.8 Å². The van der Waals surface area contributed by atoms with Crippen LogP contribution in [0.3, 0.4) is 0 Å². The standard InChI is InChI=1S/C25H25ClN2O6/c1-14(2)9-12-20(34-25(29)15-7-5-6-8-17(15)26)16-13-21(32-3)22-18(27-30)10-11-19(28-31)23(22)24(16)33-4/h5-11,13,20,27,30H,12H2,1-4H3. The summed E-state index contributed by atoms with van der Waals surface area (Å²) in [5.74, 6) is -0.0242. The summed E-state index contributed by atoms with van der Waals surface area (Å²) in [6.45, 7) is 3.86. The zero-order valence-corrected chi connectivity index (χ0v) is 20.0. The number of carbonyl (C=O) groups is 1. The van der Waals surface area contributed by atoms with Crippen molar-refractivity contribution in [3.8, 4) is 11.5 Å². The molecule has 8 nitrogen and oxygen atoms in total. The maximum atomic E-state index is 13.0. The van der Waals surface area contributed by atoms with Crippen LogP contribution in [-0.4, -0.2) is 25.4 Å². The predicted molar refractivity (Wildman–Crippen MR) is 132 cm³/mol. The first-order valence-corrected chi connectivity index (χ1v) is 10.8. The van der Waals surface area contributed by atoms with Crippen molar-refractivity contribution in [1.29, 1.82) is 0 Å². The lowest BCUT2D eigenvalue weighted by molar-refractivity contribution is 0.0298. The Kier molecular flexibility index (Phi) is 8.09. The number of allylic oxidation sites excluding steroid dienone is 1. The highest BCUT2D eigenvalue weighted by molar-refractivity contribution is 6.33. The first-order chi connectivity index (χ1) is 16.4. The summed E-state index contributed by atoms with van der Waals surface area (Å²) in [6, 6.07) is 11.2. The normalized spacial score (nSPS) is 11.5. The molecule has 34 heavy (non-hydrogen) atoms. The average molecular weight is 485 g/mol. The molecule has 0 amide bonds. The van der Waals surface area contributed by atoms with Gasteiger partial charge in [-0.25, -0.2) is 4.79 Å². The number of ether oxygens (including phenoxy) is 3. The van der Waals surface area contributed by atoms with Gasteiger partial charge in [0.15, 0.2) is 0 Å². The third-order valence-corrected chi connectivity index (χ3v) is 5.61. The van der Waals surface area contributed by atoms with E-state index in [1.807, 2.05) is 19.9 Å². The monoisotopic (exact) mass is 484 g/mol. The number of nitrogens with one attached hydrogen (secondary N) is 1. The third kappa shape index (κ3) is 4.98. The molecule has 0 saturated heterocycles. The average Bonchev–Trinajstić information content (AvgIpc) is 2.84. The number of nitroso groups, excluding NO2 is 1. The summed E-state index contributed by atoms with van der Waals surface area (Å²) in [5.41, 5.74) is 4.18. The van der Waals surface area contributed by atoms with E-state index in [-0.39, 0.29) is 27.7 Å². The van der Waals surface area contributed by atoms with Gasteiger partial charge in [-0.15, -0.1) is 4.91 Å². The van der Waals surface area contributed by atoms with E-state index in [9.17, 15) is 14.9 Å². The van der Waals surface area contributed by atoms with Crippen LogP contribution in [0.2, 0.25) is 5.02 Å². The quantitative estimate of drug-likeness (QED) is 0.146. The number of nitrogens with zero attached hydrogens (tertiary/aromatic N) is 1. The summed E-state index contributed by atoms with van der Waals surface area (Å²) in [4.78, 5) is 24.7. The first-order valence-electron chi connectivity index (χ1n) is 10.4. The molecule has 3 aromatic carbocycles. The van der Waals surface area contributed by atoms with Crippen molar-refractivity contribution in [2.45, 2.75) is 26.4 Å². The molecule has 3 aromatic rings. The molecule has 0 spiro atoms. The van der Waals surface area contributed by atoms with Crippen LogP contribution in [0.4, 0.5) is 11.4 Å². The van der Waals surface area contributed by atoms with E-state index >= 15 is 0 Å². The Labute approximate surface area is 202 Å². The molecule has 0 radical (unpaired) electrons. The highest BCUT2D eigenvalue weighted by Crippen LogP contribution is 2.48. The topological polar surface area (TPSA) is 106 Å². The van der Waals surface area contributed by atoms with Crippen molar-refractivity contribution in [1.82, 2.24) is 0 Å². The van der Waals surface area contributed by atoms with Gasteiger partial charge >= 0.3 is 5.97 Å². The molecule has 0 bridgehead atoms. The Balaban J connectivity index is 2.27. The molecular formula is C25H25ClN2O6. The molecule has 0 saturated carbocycles. The van der Waals surface area contributed by atoms with E-state index in [0.29, 0.717) is 28.5 Å². The summed E-state index contributed by atoms with van der Waals surface area (Å²) >= 11 is 6.20. The molecule has 0 aromatic heterocycles. The van der Waals surface area contributed by atoms with Crippen LogP contribution in [0.25, 0.3) is 10.8 Å². The van der Waals surface area contributed by atoms with Crippen LogP contribution >= 0.6 is 11.6 Å². The van der Waals surface area contributed by atoms with Gasteiger partial charge in [0, 0.05) is 12.0 Å². The van der Waals surface area contributed by atoms with Gasteiger partial charge in [0.05, 0.1) is 41.3 Å². The number of hydrogen-bond acceptors (Lipinski definition) is 8. The summed E-state index contributed by atoms with van der Waals surface area (Å²) in [5, 5.41) is 13.7. The van der Waals surface area contributed by atoms with Gasteiger partial charge in [0.1, 0.15) is 23.3 Å². The largest absolute Gasteiger partial charge is 0.496 e. The minimum atomic E-state index is -0.808. The van der Waals surface area contributed by atoms with Gasteiger partial charge in [0.25, 0.3) is 0 Å². The zero-order valence-electron chi connectivity index (χ0n) is 19.2. The summed E-state index contributed by atoms with van der Waals surface area (Å²) in [6.07, 6.45) is 1.44. The lowest BCUT2D eigenvalue weighted by atomic mass is 9.96. The van der Waals surface area contributed by atoms with Gasteiger partial charge < -0.3 is 14.2 Å². The van der Waals surface area contributed by atoms with Crippen LogP contribution in [-0.2, 0) is 4.74 Å². The minimum absolute atomic E-state index is 0.0735. The van der Waals surface area contributed by atoms with Gasteiger partial charge in [-0.2, -0.15) is 0 Å². The van der Waals surface area contributed by atoms with Crippen molar-refractivity contribution >= 4 is 39.7 Å². The third-order valence-electron chi connectivity index (χ3n) is 5.28. The highest BCUT2D eigenvalue weighted by atomic mass is 35.5. The molecule has 0 aliphatic heterocycles. The second-order valence-electron chi connectivity index (χ2n) is 7.68. The first kappa shape index (κ1) is 25.0. The van der Waals surface area contributed by atoms with Gasteiger partial charge in [-0.3, -0.25) is 10.7 Å². The van der Waals surface area contributed by atoms with Crippen LogP contribution in [0.5, 0.6) is 11.5 Å². The van der Waals surface area contributed by atoms with Crippen molar-refractivity contribution in [2.75, 3.05) is 19.7 Å². The molecular weight excluding hydrogens is 460 g/mol. The van der Waals surface area contributed by atoms with E-state index in [1.54, 1.807) is 30.3 Å². The molecule has 0 aliphatic carbocycles. The number of hydrogen-bond donors (Lipinski definition) is 2. The van der Waals surface area contributed by atoms with Gasteiger partial charge in [0.2, 0.25) is 0 Å². The summed E-state index contributed by atoms with van der Waals surface area (Å²) in [7, 11) is 2.89. The number of anilines is 1. The lowest BCUT2D eigenvalue weighted by Crippen LogP contribution is -2.13. The summed E-state index contributed by atoms with van der Waals surface area (Å²) < 4.78 is 17.2. The van der Waals surface area contributed by atoms with Crippen LogP contribution < -0.4 is 15.0 Å². The van der Waals surface area contributed by atoms with Crippen molar-refractivity contribution in [3.63, 3.8) is 0 Å². The Morgan fingerprint density at radius 1 is 1.15 bits per heavy atom. The Hall–Kier alpha value is -3.62. The number of carbonyl (C=O) groups excluding carboxylic acids is 1. The SMILES string of the molecule is COc1cc(C(CC=C(C)C)OC(=O)c2ccccc2Cl)c(OC)c2c(N=O)ccc(NO)c12. The predicted octanol–water partition coefficient (Wildman–Crippen LogP) is 6.96. The molecule has 1 unspecified atom stereocenters. The molecule has 9 heteroatoms. The number of esters is 1. The van der Waals surface area contributed by atoms with Crippen molar-refractivity contribution in [2.24, 2.45) is 5.18 Å². The Bertz CT molecular complexity index is 1250. The van der Waals surface area contributed by atoms with Crippen LogP contribution in [0.15, 0.2) is 59.3 Å². The second kappa shape index (κ2) is 11.0. The van der Waals surface area contributed by atoms with E-state index in [0.717, 1.165) is 5.57 Å². The number of fused-ring (bicyclic) bond motifs is 1. The highest BCUT2D eigenvalue weighted by Gasteiger charge is 2.27. The number of methoxy groups -OCH3 is 2. The van der Waals surface area contributed by atoms with Crippen LogP contribution in [0.1, 0.15) is 42.3 Å². The van der Waals surface area contributed by atoms with Gasteiger partial charge in [-0.1, -0.05) is 35.4 Å². The smallest absolute Gasteiger partial charge is 0.340 e. The molecule has 1 atom stereocenters. The second-order valence-corrected chi connectivity index (χ2v) is 8.08. The fourth-order valence-corrected chi connectivity index (χ4v) is 3.90. The number of rotatable bonds is 9. The lowest BCUT2D eigenvalue weighted by Gasteiger charge is -2.23. The Morgan fingerprint density at radius 2 is 1.88 bits per heavy atom. The van der Waals surface area contributed by atoms with E-state index < -0.39 is 12.1 Å². The maximum absolute atomic E-state index is 13.0. The van der Waals surface area contributed by atoms with E-state index in [2.05, 4.69) is 10.7 Å². The van der Waals surface area contributed by atoms with Crippen molar-refractivity contribution in [3.05, 3.63) is 75.2 Å². The molecule has 2 N–H and O–H groups in total. The fourth-order valence-electron chi connectivity index (χ4n) is 3.69. The van der Waals surface area contributed by atoms with Gasteiger partial charge in [-0.05, 0) is 49.4 Å². The van der Waals surface area contributed by atoms with Crippen molar-refractivity contribution < 1.29 is 24.2 Å². The van der Waals surface area contributed by atoms with Crippen LogP contribution in [0, 0.1) is 4.91 Å². The number of benzene rings is 3.